The highest BCUT2D eigenvalue weighted by Crippen LogP contribution is 2.24. The number of nitrogens with zero attached hydrogens (tertiary/aromatic N) is 3. The number of para-hydroxylation sites is 1. The molecule has 1 aliphatic heterocycles. The number of nitro groups is 1. The maximum atomic E-state index is 13.1. The third-order valence-corrected chi connectivity index (χ3v) is 6.39. The normalized spacial score (nSPS) is 15.1. The summed E-state index contributed by atoms with van der Waals surface area (Å²) < 4.78 is 28.0. The first-order valence-corrected chi connectivity index (χ1v) is 11.5. The monoisotopic (exact) mass is 446 g/mol. The van der Waals surface area contributed by atoms with Crippen LogP contribution in [0.2, 0.25) is 0 Å². The van der Waals surface area contributed by atoms with E-state index in [0.717, 1.165) is 25.7 Å². The lowest BCUT2D eigenvalue weighted by Crippen LogP contribution is -2.49. The molecule has 0 aliphatic carbocycles. The molecule has 1 fully saturated rings. The van der Waals surface area contributed by atoms with Crippen LogP contribution in [0.25, 0.3) is 0 Å². The third kappa shape index (κ3) is 5.59. The maximum Gasteiger partial charge on any atom is 0.270 e. The highest BCUT2D eigenvalue weighted by molar-refractivity contribution is 7.92. The van der Waals surface area contributed by atoms with Crippen molar-refractivity contribution >= 4 is 27.3 Å². The van der Waals surface area contributed by atoms with Crippen LogP contribution in [0.5, 0.6) is 0 Å². The van der Waals surface area contributed by atoms with E-state index in [4.69, 9.17) is 0 Å². The molecule has 166 valence electrons. The average Bonchev–Trinajstić information content (AvgIpc) is 2.73. The van der Waals surface area contributed by atoms with Crippen LogP contribution in [0, 0.1) is 16.0 Å². The van der Waals surface area contributed by atoms with Crippen molar-refractivity contribution in [2.45, 2.75) is 18.7 Å². The van der Waals surface area contributed by atoms with Gasteiger partial charge >= 0.3 is 0 Å². The molecule has 1 amide bonds. The van der Waals surface area contributed by atoms with Gasteiger partial charge < -0.3 is 4.90 Å². The van der Waals surface area contributed by atoms with Crippen LogP contribution in [0.1, 0.15) is 24.2 Å². The van der Waals surface area contributed by atoms with Crippen LogP contribution in [-0.4, -0.2) is 61.8 Å². The first-order valence-electron chi connectivity index (χ1n) is 10.1. The van der Waals surface area contributed by atoms with Gasteiger partial charge in [0.1, 0.15) is 0 Å². The summed E-state index contributed by atoms with van der Waals surface area (Å²) in [5, 5.41) is 11.0. The Bertz CT molecular complexity index is 1060. The fraction of sp³-hybridized carbons (Fsp3) is 0.381. The van der Waals surface area contributed by atoms with Crippen LogP contribution in [-0.2, 0) is 10.0 Å². The van der Waals surface area contributed by atoms with E-state index in [-0.39, 0.29) is 27.7 Å². The number of piperazine rings is 1. The van der Waals surface area contributed by atoms with Gasteiger partial charge in [0.15, 0.2) is 0 Å². The molecule has 1 aliphatic rings. The van der Waals surface area contributed by atoms with Crippen LogP contribution >= 0.6 is 0 Å². The Morgan fingerprint density at radius 1 is 1.10 bits per heavy atom. The number of carbonyl (C=O) groups excluding carboxylic acids is 1. The summed E-state index contributed by atoms with van der Waals surface area (Å²) in [7, 11) is -4.11. The highest BCUT2D eigenvalue weighted by atomic mass is 32.2. The molecular formula is C21H26N4O5S. The standard InChI is InChI=1S/C21H26N4O5S/c1-16(2)15-23-10-12-24(13-11-23)21(26)19-8-3-4-9-20(19)22-31(29,30)18-7-5-6-17(14-18)25(27)28/h3-9,14,16,22H,10-13,15H2,1-2H3. The number of non-ortho nitro benzene ring substituents is 1. The lowest BCUT2D eigenvalue weighted by atomic mass is 10.1. The van der Waals surface area contributed by atoms with Crippen molar-refractivity contribution in [3.8, 4) is 0 Å². The van der Waals surface area contributed by atoms with Crippen LogP contribution < -0.4 is 4.72 Å². The molecule has 0 spiro atoms. The largest absolute Gasteiger partial charge is 0.336 e. The van der Waals surface area contributed by atoms with E-state index in [9.17, 15) is 23.3 Å². The third-order valence-electron chi connectivity index (χ3n) is 5.02. The predicted octanol–water partition coefficient (Wildman–Crippen LogP) is 2.81. The minimum Gasteiger partial charge on any atom is -0.336 e. The van der Waals surface area contributed by atoms with Crippen LogP contribution in [0.3, 0.4) is 0 Å². The second-order valence-electron chi connectivity index (χ2n) is 7.89. The molecule has 10 heteroatoms. The summed E-state index contributed by atoms with van der Waals surface area (Å²) in [4.78, 5) is 27.2. The zero-order chi connectivity index (χ0) is 22.6. The van der Waals surface area contributed by atoms with Gasteiger partial charge in [-0.2, -0.15) is 0 Å². The summed E-state index contributed by atoms with van der Waals surface area (Å²) in [6.45, 7) is 7.95. The van der Waals surface area contributed by atoms with E-state index in [0.29, 0.717) is 19.0 Å². The van der Waals surface area contributed by atoms with Crippen molar-refractivity contribution in [1.29, 1.82) is 0 Å². The summed E-state index contributed by atoms with van der Waals surface area (Å²) in [6.07, 6.45) is 0. The number of amides is 1. The molecular weight excluding hydrogens is 420 g/mol. The van der Waals surface area contributed by atoms with Gasteiger partial charge in [-0.25, -0.2) is 8.42 Å². The van der Waals surface area contributed by atoms with Gasteiger partial charge in [0.25, 0.3) is 21.6 Å². The van der Waals surface area contributed by atoms with Gasteiger partial charge in [-0.1, -0.05) is 32.0 Å². The number of hydrogen-bond donors (Lipinski definition) is 1. The Labute approximate surface area is 181 Å². The average molecular weight is 447 g/mol. The van der Waals surface area contributed by atoms with Crippen LogP contribution in [0.15, 0.2) is 53.4 Å². The van der Waals surface area contributed by atoms with Gasteiger partial charge in [-0.3, -0.25) is 24.5 Å². The summed E-state index contributed by atoms with van der Waals surface area (Å²) in [5.41, 5.74) is 0.0592. The number of rotatable bonds is 7. The fourth-order valence-electron chi connectivity index (χ4n) is 3.55. The molecule has 1 N–H and O–H groups in total. The zero-order valence-corrected chi connectivity index (χ0v) is 18.3. The van der Waals surface area contributed by atoms with Crippen molar-refractivity contribution in [3.05, 3.63) is 64.2 Å². The topological polar surface area (TPSA) is 113 Å². The van der Waals surface area contributed by atoms with E-state index in [2.05, 4.69) is 23.5 Å². The summed E-state index contributed by atoms with van der Waals surface area (Å²) in [6, 6.07) is 11.2. The van der Waals surface area contributed by atoms with E-state index in [1.165, 1.54) is 24.3 Å². The summed E-state index contributed by atoms with van der Waals surface area (Å²) in [5.74, 6) is 0.299. The Balaban J connectivity index is 1.78. The Morgan fingerprint density at radius 3 is 2.42 bits per heavy atom. The fourth-order valence-corrected chi connectivity index (χ4v) is 4.67. The molecule has 2 aromatic rings. The first kappa shape index (κ1) is 22.7. The van der Waals surface area contributed by atoms with Gasteiger partial charge in [-0.15, -0.1) is 0 Å². The van der Waals surface area contributed by atoms with Gasteiger partial charge in [0.2, 0.25) is 0 Å². The van der Waals surface area contributed by atoms with Gasteiger partial charge in [-0.05, 0) is 24.1 Å². The smallest absolute Gasteiger partial charge is 0.270 e. The molecule has 1 heterocycles. The number of hydrogen-bond acceptors (Lipinski definition) is 6. The molecule has 0 atom stereocenters. The molecule has 0 radical (unpaired) electrons. The Kier molecular flexibility index (Phi) is 6.91. The minimum absolute atomic E-state index is 0.142. The number of anilines is 1. The van der Waals surface area contributed by atoms with Crippen molar-refractivity contribution in [2.24, 2.45) is 5.92 Å². The second kappa shape index (κ2) is 9.44. The van der Waals surface area contributed by atoms with Gasteiger partial charge in [0.05, 0.1) is 21.1 Å². The second-order valence-corrected chi connectivity index (χ2v) is 9.57. The first-order chi connectivity index (χ1) is 14.7. The number of nitrogens with one attached hydrogen (secondary N) is 1. The summed E-state index contributed by atoms with van der Waals surface area (Å²) >= 11 is 0. The molecule has 2 aromatic carbocycles. The van der Waals surface area contributed by atoms with E-state index in [1.807, 2.05) is 0 Å². The zero-order valence-electron chi connectivity index (χ0n) is 17.5. The predicted molar refractivity (Wildman–Crippen MR) is 118 cm³/mol. The SMILES string of the molecule is CC(C)CN1CCN(C(=O)c2ccccc2NS(=O)(=O)c2cccc([N+](=O)[O-])c2)CC1. The lowest BCUT2D eigenvalue weighted by Gasteiger charge is -2.35. The lowest BCUT2D eigenvalue weighted by molar-refractivity contribution is -0.385. The van der Waals surface area contributed by atoms with Gasteiger partial charge in [0, 0.05) is 44.9 Å². The van der Waals surface area contributed by atoms with Crippen molar-refractivity contribution < 1.29 is 18.1 Å². The molecule has 0 unspecified atom stereocenters. The molecule has 9 nitrogen and oxygen atoms in total. The van der Waals surface area contributed by atoms with E-state index in [1.54, 1.807) is 23.1 Å². The van der Waals surface area contributed by atoms with Crippen molar-refractivity contribution in [2.75, 3.05) is 37.4 Å². The Morgan fingerprint density at radius 2 is 1.77 bits per heavy atom. The molecule has 3 rings (SSSR count). The Hall–Kier alpha value is -2.98. The van der Waals surface area contributed by atoms with E-state index < -0.39 is 14.9 Å². The van der Waals surface area contributed by atoms with Crippen LogP contribution in [0.4, 0.5) is 11.4 Å². The quantitative estimate of drug-likeness (QED) is 0.517. The molecule has 0 bridgehead atoms. The number of nitro benzene ring substituents is 1. The molecule has 0 aromatic heterocycles. The number of sulfonamides is 1. The molecule has 0 saturated carbocycles. The number of benzene rings is 2. The molecule has 31 heavy (non-hydrogen) atoms. The molecule has 1 saturated heterocycles. The maximum absolute atomic E-state index is 13.1. The van der Waals surface area contributed by atoms with Crippen molar-refractivity contribution in [3.63, 3.8) is 0 Å². The highest BCUT2D eigenvalue weighted by Gasteiger charge is 2.26. The number of carbonyl (C=O) groups is 1. The van der Waals surface area contributed by atoms with E-state index >= 15 is 0 Å². The minimum atomic E-state index is -4.11. The van der Waals surface area contributed by atoms with Crippen molar-refractivity contribution in [1.82, 2.24) is 9.80 Å².